The van der Waals surface area contributed by atoms with Crippen molar-refractivity contribution in [3.8, 4) is 0 Å². The number of hydrogen-bond donors (Lipinski definition) is 1. The van der Waals surface area contributed by atoms with Crippen molar-refractivity contribution in [2.45, 2.75) is 32.0 Å². The molecule has 0 aliphatic carbocycles. The minimum Gasteiger partial charge on any atom is -0.376 e. The van der Waals surface area contributed by atoms with E-state index in [-0.39, 0.29) is 18.6 Å². The predicted octanol–water partition coefficient (Wildman–Crippen LogP) is 0.353. The fourth-order valence-electron chi connectivity index (χ4n) is 2.84. The van der Waals surface area contributed by atoms with E-state index >= 15 is 0 Å². The van der Waals surface area contributed by atoms with Crippen molar-refractivity contribution in [3.05, 3.63) is 69.0 Å². The summed E-state index contributed by atoms with van der Waals surface area (Å²) in [5.74, 6) is -0.368. The molecule has 25 heavy (non-hydrogen) atoms. The highest BCUT2D eigenvalue weighted by Gasteiger charge is 2.17. The number of ether oxygens (including phenoxy) is 1. The van der Waals surface area contributed by atoms with Crippen LogP contribution in [0.5, 0.6) is 0 Å². The third-order valence-electron chi connectivity index (χ3n) is 4.19. The van der Waals surface area contributed by atoms with E-state index in [1.165, 1.54) is 16.8 Å². The Morgan fingerprint density at radius 1 is 1.20 bits per heavy atom. The lowest BCUT2D eigenvalue weighted by molar-refractivity contribution is -0.122. The Morgan fingerprint density at radius 2 is 2.00 bits per heavy atom. The van der Waals surface area contributed by atoms with Crippen LogP contribution < -0.4 is 16.6 Å². The van der Waals surface area contributed by atoms with Gasteiger partial charge in [-0.3, -0.25) is 18.7 Å². The molecule has 2 heterocycles. The number of nitrogens with one attached hydrogen (secondary N) is 1. The predicted molar refractivity (Wildman–Crippen MR) is 92.5 cm³/mol. The van der Waals surface area contributed by atoms with Crippen LogP contribution in [0.25, 0.3) is 0 Å². The standard InChI is InChI=1S/C18H21N3O4/c22-16(19-11-15-7-4-10-25-15)13-21-17(23)8-9-20(18(21)24)12-14-5-2-1-3-6-14/h1-3,5-6,8-9,15H,4,7,10-13H2,(H,19,22)/t15-/m1/s1. The fraction of sp³-hybridized carbons (Fsp3) is 0.389. The molecule has 7 nitrogen and oxygen atoms in total. The highest BCUT2D eigenvalue weighted by atomic mass is 16.5. The van der Waals surface area contributed by atoms with Gasteiger partial charge in [0.1, 0.15) is 6.54 Å². The van der Waals surface area contributed by atoms with Crippen molar-refractivity contribution in [2.75, 3.05) is 13.2 Å². The summed E-state index contributed by atoms with van der Waals surface area (Å²) in [4.78, 5) is 36.6. The topological polar surface area (TPSA) is 82.3 Å². The lowest BCUT2D eigenvalue weighted by Gasteiger charge is -2.12. The summed E-state index contributed by atoms with van der Waals surface area (Å²) in [6.07, 6.45) is 3.38. The average molecular weight is 343 g/mol. The smallest absolute Gasteiger partial charge is 0.331 e. The molecule has 0 spiro atoms. The first kappa shape index (κ1) is 17.2. The van der Waals surface area contributed by atoms with Crippen LogP contribution >= 0.6 is 0 Å². The summed E-state index contributed by atoms with van der Waals surface area (Å²) >= 11 is 0. The molecule has 1 aliphatic rings. The van der Waals surface area contributed by atoms with Crippen molar-refractivity contribution in [2.24, 2.45) is 0 Å². The molecular weight excluding hydrogens is 322 g/mol. The summed E-state index contributed by atoms with van der Waals surface area (Å²) in [6, 6.07) is 10.8. The summed E-state index contributed by atoms with van der Waals surface area (Å²) in [5.41, 5.74) is -0.0390. The normalized spacial score (nSPS) is 16.7. The molecule has 1 atom stereocenters. The number of carbonyl (C=O) groups excluding carboxylic acids is 1. The number of carbonyl (C=O) groups is 1. The Kier molecular flexibility index (Phi) is 5.45. The molecule has 2 aromatic rings. The SMILES string of the molecule is O=C(Cn1c(=O)ccn(Cc2ccccc2)c1=O)NC[C@H]1CCCO1. The molecule has 1 aromatic heterocycles. The number of aromatic nitrogens is 2. The summed E-state index contributed by atoms with van der Waals surface area (Å²) in [7, 11) is 0. The van der Waals surface area contributed by atoms with Crippen LogP contribution in [-0.2, 0) is 22.6 Å². The maximum absolute atomic E-state index is 12.5. The van der Waals surface area contributed by atoms with Gasteiger partial charge in [0.15, 0.2) is 0 Å². The minimum absolute atomic E-state index is 0.0196. The molecule has 3 rings (SSSR count). The Bertz CT molecular complexity index is 835. The Labute approximate surface area is 144 Å². The lowest BCUT2D eigenvalue weighted by Crippen LogP contribution is -2.44. The van der Waals surface area contributed by atoms with Crippen molar-refractivity contribution in [1.82, 2.24) is 14.5 Å². The molecular formula is C18H21N3O4. The van der Waals surface area contributed by atoms with Gasteiger partial charge in [-0.25, -0.2) is 4.79 Å². The van der Waals surface area contributed by atoms with Gasteiger partial charge in [0, 0.05) is 25.4 Å². The first-order chi connectivity index (χ1) is 12.1. The zero-order chi connectivity index (χ0) is 17.6. The third kappa shape index (κ3) is 4.45. The van der Waals surface area contributed by atoms with E-state index in [4.69, 9.17) is 4.74 Å². The second kappa shape index (κ2) is 7.94. The molecule has 1 amide bonds. The Balaban J connectivity index is 1.70. The maximum Gasteiger partial charge on any atom is 0.331 e. The quantitative estimate of drug-likeness (QED) is 0.821. The van der Waals surface area contributed by atoms with Crippen molar-refractivity contribution < 1.29 is 9.53 Å². The molecule has 7 heteroatoms. The van der Waals surface area contributed by atoms with Gasteiger partial charge in [-0.1, -0.05) is 30.3 Å². The van der Waals surface area contributed by atoms with Gasteiger partial charge in [0.2, 0.25) is 5.91 Å². The van der Waals surface area contributed by atoms with E-state index in [9.17, 15) is 14.4 Å². The monoisotopic (exact) mass is 343 g/mol. The molecule has 1 fully saturated rings. The Hall–Kier alpha value is -2.67. The van der Waals surface area contributed by atoms with Crippen molar-refractivity contribution >= 4 is 5.91 Å². The van der Waals surface area contributed by atoms with Crippen LogP contribution in [0.3, 0.4) is 0 Å². The van der Waals surface area contributed by atoms with Gasteiger partial charge in [-0.2, -0.15) is 0 Å². The van der Waals surface area contributed by atoms with E-state index in [1.807, 2.05) is 30.3 Å². The number of nitrogens with zero attached hydrogens (tertiary/aromatic N) is 2. The van der Waals surface area contributed by atoms with E-state index in [2.05, 4.69) is 5.32 Å². The maximum atomic E-state index is 12.5. The fourth-order valence-corrected chi connectivity index (χ4v) is 2.84. The van der Waals surface area contributed by atoms with Crippen LogP contribution in [0.2, 0.25) is 0 Å². The van der Waals surface area contributed by atoms with Crippen LogP contribution in [-0.4, -0.2) is 34.3 Å². The van der Waals surface area contributed by atoms with Gasteiger partial charge < -0.3 is 10.1 Å². The molecule has 0 bridgehead atoms. The number of hydrogen-bond acceptors (Lipinski definition) is 4. The summed E-state index contributed by atoms with van der Waals surface area (Å²) in [6.45, 7) is 1.17. The zero-order valence-corrected chi connectivity index (χ0v) is 13.9. The lowest BCUT2D eigenvalue weighted by atomic mass is 10.2. The van der Waals surface area contributed by atoms with Crippen LogP contribution in [0.1, 0.15) is 18.4 Å². The van der Waals surface area contributed by atoms with Crippen molar-refractivity contribution in [1.29, 1.82) is 0 Å². The summed E-state index contributed by atoms with van der Waals surface area (Å²) in [5, 5.41) is 2.72. The number of amides is 1. The largest absolute Gasteiger partial charge is 0.376 e. The van der Waals surface area contributed by atoms with Crippen LogP contribution in [0.4, 0.5) is 0 Å². The first-order valence-electron chi connectivity index (χ1n) is 8.36. The van der Waals surface area contributed by atoms with Gasteiger partial charge in [0.05, 0.1) is 12.6 Å². The van der Waals surface area contributed by atoms with E-state index in [0.29, 0.717) is 19.7 Å². The van der Waals surface area contributed by atoms with Crippen LogP contribution in [0.15, 0.2) is 52.2 Å². The number of rotatable bonds is 6. The molecule has 0 unspecified atom stereocenters. The van der Waals surface area contributed by atoms with Gasteiger partial charge in [-0.05, 0) is 18.4 Å². The van der Waals surface area contributed by atoms with E-state index in [0.717, 1.165) is 23.0 Å². The molecule has 0 radical (unpaired) electrons. The molecule has 1 aliphatic heterocycles. The molecule has 1 N–H and O–H groups in total. The third-order valence-corrected chi connectivity index (χ3v) is 4.19. The second-order valence-corrected chi connectivity index (χ2v) is 6.08. The Morgan fingerprint density at radius 3 is 2.72 bits per heavy atom. The summed E-state index contributed by atoms with van der Waals surface area (Å²) < 4.78 is 7.81. The highest BCUT2D eigenvalue weighted by molar-refractivity contribution is 5.75. The molecule has 1 aromatic carbocycles. The van der Waals surface area contributed by atoms with Crippen LogP contribution in [0, 0.1) is 0 Å². The van der Waals surface area contributed by atoms with Gasteiger partial charge >= 0.3 is 5.69 Å². The zero-order valence-electron chi connectivity index (χ0n) is 13.9. The highest BCUT2D eigenvalue weighted by Crippen LogP contribution is 2.10. The van der Waals surface area contributed by atoms with E-state index in [1.54, 1.807) is 0 Å². The molecule has 0 saturated carbocycles. The first-order valence-corrected chi connectivity index (χ1v) is 8.36. The average Bonchev–Trinajstić information content (AvgIpc) is 3.14. The minimum atomic E-state index is -0.497. The molecule has 132 valence electrons. The van der Waals surface area contributed by atoms with Gasteiger partial charge in [0.25, 0.3) is 5.56 Å². The van der Waals surface area contributed by atoms with Crippen molar-refractivity contribution in [3.63, 3.8) is 0 Å². The second-order valence-electron chi connectivity index (χ2n) is 6.08. The molecule has 1 saturated heterocycles. The number of benzene rings is 1. The van der Waals surface area contributed by atoms with Gasteiger partial charge in [-0.15, -0.1) is 0 Å². The van der Waals surface area contributed by atoms with E-state index < -0.39 is 11.2 Å².